The van der Waals surface area contributed by atoms with Crippen molar-refractivity contribution in [3.63, 3.8) is 0 Å². The van der Waals surface area contributed by atoms with Gasteiger partial charge < -0.3 is 19.4 Å². The first-order chi connectivity index (χ1) is 14.6. The first-order valence-electron chi connectivity index (χ1n) is 10.4. The van der Waals surface area contributed by atoms with Crippen LogP contribution in [0.1, 0.15) is 24.0 Å². The summed E-state index contributed by atoms with van der Waals surface area (Å²) in [5, 5.41) is 3.03. The number of ether oxygens (including phenoxy) is 2. The predicted octanol–water partition coefficient (Wildman–Crippen LogP) is 3.69. The second kappa shape index (κ2) is 7.65. The Morgan fingerprint density at radius 3 is 2.70 bits per heavy atom. The Bertz CT molecular complexity index is 1100. The van der Waals surface area contributed by atoms with Crippen LogP contribution >= 0.6 is 0 Å². The summed E-state index contributed by atoms with van der Waals surface area (Å²) in [6.45, 7) is 7.07. The highest BCUT2D eigenvalue weighted by Crippen LogP contribution is 2.34. The van der Waals surface area contributed by atoms with Gasteiger partial charge >= 0.3 is 0 Å². The molecule has 1 amide bonds. The maximum absolute atomic E-state index is 12.7. The van der Waals surface area contributed by atoms with Crippen molar-refractivity contribution in [1.82, 2.24) is 14.5 Å². The fourth-order valence-electron chi connectivity index (χ4n) is 4.20. The first-order valence-corrected chi connectivity index (χ1v) is 10.4. The molecule has 1 N–H and O–H groups in total. The van der Waals surface area contributed by atoms with E-state index in [2.05, 4.69) is 45.7 Å². The summed E-state index contributed by atoms with van der Waals surface area (Å²) >= 11 is 0. The lowest BCUT2D eigenvalue weighted by atomic mass is 9.96. The van der Waals surface area contributed by atoms with Gasteiger partial charge in [0.05, 0.1) is 24.0 Å². The second-order valence-electron chi connectivity index (χ2n) is 8.23. The molecule has 3 aromatic rings. The molecule has 0 radical (unpaired) electrons. The summed E-state index contributed by atoms with van der Waals surface area (Å²) < 4.78 is 12.9. The predicted molar refractivity (Wildman–Crippen MR) is 115 cm³/mol. The number of likely N-dealkylation sites (tertiary alicyclic amines) is 1. The number of benzene rings is 2. The van der Waals surface area contributed by atoms with E-state index in [1.807, 2.05) is 24.5 Å². The van der Waals surface area contributed by atoms with Crippen LogP contribution in [0, 0.1) is 19.8 Å². The molecule has 0 bridgehead atoms. The van der Waals surface area contributed by atoms with Crippen LogP contribution in [-0.4, -0.2) is 40.2 Å². The molecule has 30 heavy (non-hydrogen) atoms. The summed E-state index contributed by atoms with van der Waals surface area (Å²) in [7, 11) is 0. The van der Waals surface area contributed by atoms with Gasteiger partial charge in [-0.25, -0.2) is 4.98 Å². The number of anilines is 1. The van der Waals surface area contributed by atoms with Gasteiger partial charge in [-0.2, -0.15) is 0 Å². The van der Waals surface area contributed by atoms with Crippen LogP contribution in [0.4, 0.5) is 5.69 Å². The lowest BCUT2D eigenvalue weighted by Crippen LogP contribution is -2.38. The molecule has 0 spiro atoms. The van der Waals surface area contributed by atoms with E-state index in [0.717, 1.165) is 49.6 Å². The average molecular weight is 406 g/mol. The fraction of sp³-hybridized carbons (Fsp3) is 0.391. The van der Waals surface area contributed by atoms with Crippen molar-refractivity contribution in [2.45, 2.75) is 33.4 Å². The van der Waals surface area contributed by atoms with Crippen molar-refractivity contribution in [1.29, 1.82) is 0 Å². The standard InChI is InChI=1S/C23H26N4O3/c1-15-9-19-20(10-16(15)2)27(12-24-19)13-26-7-5-17(6-8-26)23(28)25-18-3-4-21-22(11-18)30-14-29-21/h3-4,9-12,17H,5-8,13-14H2,1-2H3,(H,25,28). The van der Waals surface area contributed by atoms with Crippen LogP contribution in [0.3, 0.4) is 0 Å². The Labute approximate surface area is 175 Å². The molecule has 3 heterocycles. The summed E-state index contributed by atoms with van der Waals surface area (Å²) in [4.78, 5) is 19.7. The van der Waals surface area contributed by atoms with Crippen LogP contribution in [0.2, 0.25) is 0 Å². The van der Waals surface area contributed by atoms with Gasteiger partial charge in [0.2, 0.25) is 12.7 Å². The first kappa shape index (κ1) is 18.9. The van der Waals surface area contributed by atoms with Gasteiger partial charge in [0.15, 0.2) is 11.5 Å². The maximum Gasteiger partial charge on any atom is 0.231 e. The quantitative estimate of drug-likeness (QED) is 0.716. The Balaban J connectivity index is 1.18. The van der Waals surface area contributed by atoms with Gasteiger partial charge in [-0.1, -0.05) is 0 Å². The molecule has 2 aromatic carbocycles. The Morgan fingerprint density at radius 1 is 1.10 bits per heavy atom. The molecule has 156 valence electrons. The molecule has 2 aliphatic heterocycles. The fourth-order valence-corrected chi connectivity index (χ4v) is 4.20. The summed E-state index contributed by atoms with van der Waals surface area (Å²) in [6, 6.07) is 9.87. The lowest BCUT2D eigenvalue weighted by molar-refractivity contribution is -0.121. The Kier molecular flexibility index (Phi) is 4.83. The smallest absolute Gasteiger partial charge is 0.231 e. The van der Waals surface area contributed by atoms with Crippen molar-refractivity contribution in [2.24, 2.45) is 5.92 Å². The van der Waals surface area contributed by atoms with Crippen molar-refractivity contribution < 1.29 is 14.3 Å². The molecule has 0 atom stereocenters. The molecule has 0 saturated carbocycles. The number of carbonyl (C=O) groups is 1. The maximum atomic E-state index is 12.7. The molecule has 0 aliphatic carbocycles. The number of aryl methyl sites for hydroxylation is 2. The summed E-state index contributed by atoms with van der Waals surface area (Å²) in [5.74, 6) is 1.50. The zero-order valence-electron chi connectivity index (χ0n) is 17.4. The number of hydrogen-bond acceptors (Lipinski definition) is 5. The third-order valence-electron chi connectivity index (χ3n) is 6.19. The van der Waals surface area contributed by atoms with Gasteiger partial charge in [0.25, 0.3) is 0 Å². The minimum atomic E-state index is 0.0242. The van der Waals surface area contributed by atoms with Gasteiger partial charge in [0.1, 0.15) is 0 Å². The number of fused-ring (bicyclic) bond motifs is 2. The van der Waals surface area contributed by atoms with Crippen LogP contribution in [-0.2, 0) is 11.5 Å². The van der Waals surface area contributed by atoms with Gasteiger partial charge in [-0.3, -0.25) is 9.69 Å². The highest BCUT2D eigenvalue weighted by molar-refractivity contribution is 5.93. The SMILES string of the molecule is Cc1cc2ncn(CN3CCC(C(=O)Nc4ccc5c(c4)OCO5)CC3)c2cc1C. The van der Waals surface area contributed by atoms with Crippen LogP contribution in [0.5, 0.6) is 11.5 Å². The molecule has 1 saturated heterocycles. The number of amides is 1. The molecule has 0 unspecified atom stereocenters. The zero-order chi connectivity index (χ0) is 20.7. The molecule has 5 rings (SSSR count). The third kappa shape index (κ3) is 3.61. The van der Waals surface area contributed by atoms with Crippen molar-refractivity contribution >= 4 is 22.6 Å². The van der Waals surface area contributed by atoms with E-state index in [4.69, 9.17) is 9.47 Å². The van der Waals surface area contributed by atoms with E-state index in [1.165, 1.54) is 16.6 Å². The highest BCUT2D eigenvalue weighted by atomic mass is 16.7. The molecule has 1 fully saturated rings. The van der Waals surface area contributed by atoms with Gasteiger partial charge in [-0.05, 0) is 62.1 Å². The van der Waals surface area contributed by atoms with Crippen LogP contribution in [0.15, 0.2) is 36.7 Å². The second-order valence-corrected chi connectivity index (χ2v) is 8.23. The number of aromatic nitrogens is 2. The third-order valence-corrected chi connectivity index (χ3v) is 6.19. The Hall–Kier alpha value is -3.06. The van der Waals surface area contributed by atoms with Crippen molar-refractivity contribution in [3.05, 3.63) is 47.8 Å². The summed E-state index contributed by atoms with van der Waals surface area (Å²) in [6.07, 6.45) is 3.62. The average Bonchev–Trinajstić information content (AvgIpc) is 3.36. The highest BCUT2D eigenvalue weighted by Gasteiger charge is 2.26. The number of rotatable bonds is 4. The largest absolute Gasteiger partial charge is 0.454 e. The minimum Gasteiger partial charge on any atom is -0.454 e. The normalized spacial score (nSPS) is 16.9. The number of hydrogen-bond donors (Lipinski definition) is 1. The number of nitrogens with one attached hydrogen (secondary N) is 1. The van der Waals surface area contributed by atoms with E-state index < -0.39 is 0 Å². The molecule has 7 nitrogen and oxygen atoms in total. The molecular weight excluding hydrogens is 380 g/mol. The van der Waals surface area contributed by atoms with E-state index in [1.54, 1.807) is 0 Å². The number of nitrogens with zero attached hydrogens (tertiary/aromatic N) is 3. The number of piperidine rings is 1. The molecular formula is C23H26N4O3. The molecule has 1 aromatic heterocycles. The van der Waals surface area contributed by atoms with E-state index in [0.29, 0.717) is 5.75 Å². The lowest BCUT2D eigenvalue weighted by Gasteiger charge is -2.31. The van der Waals surface area contributed by atoms with Crippen LogP contribution in [0.25, 0.3) is 11.0 Å². The van der Waals surface area contributed by atoms with E-state index in [9.17, 15) is 4.79 Å². The molecule has 7 heteroatoms. The van der Waals surface area contributed by atoms with Gasteiger partial charge in [-0.15, -0.1) is 0 Å². The monoisotopic (exact) mass is 406 g/mol. The van der Waals surface area contributed by atoms with Crippen molar-refractivity contribution in [3.8, 4) is 11.5 Å². The van der Waals surface area contributed by atoms with Crippen molar-refractivity contribution in [2.75, 3.05) is 25.2 Å². The Morgan fingerprint density at radius 2 is 1.87 bits per heavy atom. The minimum absolute atomic E-state index is 0.0242. The topological polar surface area (TPSA) is 68.6 Å². The number of carbonyl (C=O) groups excluding carboxylic acids is 1. The zero-order valence-corrected chi connectivity index (χ0v) is 17.4. The van der Waals surface area contributed by atoms with Gasteiger partial charge in [0, 0.05) is 30.8 Å². The van der Waals surface area contributed by atoms with E-state index in [-0.39, 0.29) is 18.6 Å². The molecule has 2 aliphatic rings. The van der Waals surface area contributed by atoms with Crippen LogP contribution < -0.4 is 14.8 Å². The van der Waals surface area contributed by atoms with E-state index >= 15 is 0 Å². The summed E-state index contributed by atoms with van der Waals surface area (Å²) in [5.41, 5.74) is 5.50. The number of imidazole rings is 1.